The molecule has 0 aromatic heterocycles. The van der Waals surface area contributed by atoms with Crippen molar-refractivity contribution >= 4 is 11.9 Å². The van der Waals surface area contributed by atoms with Gasteiger partial charge in [-0.15, -0.1) is 0 Å². The van der Waals surface area contributed by atoms with E-state index >= 15 is 0 Å². The van der Waals surface area contributed by atoms with E-state index in [0.29, 0.717) is 6.42 Å². The molecule has 1 atom stereocenters. The Morgan fingerprint density at radius 3 is 2.53 bits per heavy atom. The monoisotopic (exact) mass is 214 g/mol. The van der Waals surface area contributed by atoms with Gasteiger partial charge < -0.3 is 10.0 Å². The lowest BCUT2D eigenvalue weighted by Gasteiger charge is -2.31. The number of rotatable bonds is 6. The highest BCUT2D eigenvalue weighted by atomic mass is 16.4. The van der Waals surface area contributed by atoms with Gasteiger partial charge in [0.2, 0.25) is 5.91 Å². The van der Waals surface area contributed by atoms with Crippen LogP contribution in [0.4, 0.5) is 0 Å². The summed E-state index contributed by atoms with van der Waals surface area (Å²) in [6, 6.07) is -0.597. The van der Waals surface area contributed by atoms with Crippen LogP contribution in [0.25, 0.3) is 0 Å². The third-order valence-electron chi connectivity index (χ3n) is 2.58. The molecule has 86 valence electrons. The zero-order valence-corrected chi connectivity index (χ0v) is 9.03. The number of nitrogens with one attached hydrogen (secondary N) is 1. The molecule has 15 heavy (non-hydrogen) atoms. The number of hydrogen-bond acceptors (Lipinski definition) is 3. The van der Waals surface area contributed by atoms with Crippen LogP contribution in [0.2, 0.25) is 0 Å². The quantitative estimate of drug-likeness (QED) is 0.656. The molecule has 0 saturated carbocycles. The fourth-order valence-electron chi connectivity index (χ4n) is 1.49. The molecule has 0 radical (unpaired) electrons. The summed E-state index contributed by atoms with van der Waals surface area (Å²) >= 11 is 0. The third kappa shape index (κ3) is 3.51. The number of hydrogen-bond donors (Lipinski definition) is 2. The maximum absolute atomic E-state index is 11.4. The van der Waals surface area contributed by atoms with Crippen LogP contribution in [0.3, 0.4) is 0 Å². The molecule has 5 heteroatoms. The molecule has 1 saturated heterocycles. The van der Waals surface area contributed by atoms with Crippen molar-refractivity contribution in [3.63, 3.8) is 0 Å². The number of aliphatic carboxylic acids is 1. The van der Waals surface area contributed by atoms with Crippen molar-refractivity contribution in [2.45, 2.75) is 32.2 Å². The maximum atomic E-state index is 11.4. The minimum Gasteiger partial charge on any atom is -0.480 e. The smallest absolute Gasteiger partial charge is 0.320 e. The minimum atomic E-state index is -0.881. The van der Waals surface area contributed by atoms with Gasteiger partial charge in [0, 0.05) is 13.1 Å². The van der Waals surface area contributed by atoms with Crippen LogP contribution in [0.5, 0.6) is 0 Å². The highest BCUT2D eigenvalue weighted by Crippen LogP contribution is 2.05. The van der Waals surface area contributed by atoms with Crippen LogP contribution in [0.1, 0.15) is 26.2 Å². The first-order valence-corrected chi connectivity index (χ1v) is 5.39. The summed E-state index contributed by atoms with van der Waals surface area (Å²) in [5.41, 5.74) is 0. The lowest BCUT2D eigenvalue weighted by atomic mass is 10.1. The number of carboxylic acids is 1. The van der Waals surface area contributed by atoms with Gasteiger partial charge in [-0.05, 0) is 12.8 Å². The molecule has 0 aromatic carbocycles. The van der Waals surface area contributed by atoms with E-state index in [2.05, 4.69) is 5.32 Å². The molecule has 1 rings (SSSR count). The SMILES string of the molecule is CCCC(NCC(=O)N1CCC1)C(=O)O. The number of nitrogens with zero attached hydrogens (tertiary/aromatic N) is 1. The van der Waals surface area contributed by atoms with Crippen LogP contribution in [-0.4, -0.2) is 47.6 Å². The summed E-state index contributed by atoms with van der Waals surface area (Å²) in [7, 11) is 0. The largest absolute Gasteiger partial charge is 0.480 e. The van der Waals surface area contributed by atoms with E-state index < -0.39 is 12.0 Å². The molecule has 0 spiro atoms. The summed E-state index contributed by atoms with van der Waals surface area (Å²) < 4.78 is 0. The first-order chi connectivity index (χ1) is 7.15. The summed E-state index contributed by atoms with van der Waals surface area (Å²) in [5.74, 6) is -0.878. The van der Waals surface area contributed by atoms with Crippen LogP contribution in [0, 0.1) is 0 Å². The van der Waals surface area contributed by atoms with Gasteiger partial charge in [0.05, 0.1) is 6.54 Å². The van der Waals surface area contributed by atoms with Crippen molar-refractivity contribution in [3.05, 3.63) is 0 Å². The molecule has 1 unspecified atom stereocenters. The van der Waals surface area contributed by atoms with Crippen molar-refractivity contribution < 1.29 is 14.7 Å². The Kier molecular flexibility index (Phi) is 4.55. The fourth-order valence-corrected chi connectivity index (χ4v) is 1.49. The molecule has 2 N–H and O–H groups in total. The fraction of sp³-hybridized carbons (Fsp3) is 0.800. The lowest BCUT2D eigenvalue weighted by molar-refractivity contribution is -0.140. The summed E-state index contributed by atoms with van der Waals surface area (Å²) in [4.78, 5) is 23.9. The van der Waals surface area contributed by atoms with Gasteiger partial charge in [0.1, 0.15) is 6.04 Å². The van der Waals surface area contributed by atoms with Crippen molar-refractivity contribution in [3.8, 4) is 0 Å². The zero-order valence-electron chi connectivity index (χ0n) is 9.03. The van der Waals surface area contributed by atoms with E-state index in [1.54, 1.807) is 4.90 Å². The molecule has 0 aromatic rings. The third-order valence-corrected chi connectivity index (χ3v) is 2.58. The number of carbonyl (C=O) groups is 2. The van der Waals surface area contributed by atoms with Gasteiger partial charge in [-0.3, -0.25) is 14.9 Å². The molecular weight excluding hydrogens is 196 g/mol. The predicted octanol–water partition coefficient (Wildman–Crippen LogP) is 0.0616. The van der Waals surface area contributed by atoms with Crippen LogP contribution in [-0.2, 0) is 9.59 Å². The average Bonchev–Trinajstić information content (AvgIpc) is 2.08. The second-order valence-electron chi connectivity index (χ2n) is 3.79. The predicted molar refractivity (Wildman–Crippen MR) is 55.5 cm³/mol. The standard InChI is InChI=1S/C10H18N2O3/c1-2-4-8(10(14)15)11-7-9(13)12-5-3-6-12/h8,11H,2-7H2,1H3,(H,14,15). The molecule has 1 amide bonds. The number of carbonyl (C=O) groups excluding carboxylic acids is 1. The second-order valence-corrected chi connectivity index (χ2v) is 3.79. The van der Waals surface area contributed by atoms with E-state index in [4.69, 9.17) is 5.11 Å². The maximum Gasteiger partial charge on any atom is 0.320 e. The summed E-state index contributed by atoms with van der Waals surface area (Å²) in [6.45, 7) is 3.68. The van der Waals surface area contributed by atoms with E-state index in [9.17, 15) is 9.59 Å². The van der Waals surface area contributed by atoms with Gasteiger partial charge in [-0.2, -0.15) is 0 Å². The van der Waals surface area contributed by atoms with Gasteiger partial charge in [-0.1, -0.05) is 13.3 Å². The topological polar surface area (TPSA) is 69.6 Å². The molecule has 0 bridgehead atoms. The van der Waals surface area contributed by atoms with Crippen molar-refractivity contribution in [1.82, 2.24) is 10.2 Å². The Balaban J connectivity index is 2.25. The number of amides is 1. The molecule has 1 aliphatic heterocycles. The van der Waals surface area contributed by atoms with Crippen LogP contribution < -0.4 is 5.32 Å². The molecule has 0 aliphatic carbocycles. The summed E-state index contributed by atoms with van der Waals surface area (Å²) in [5, 5.41) is 11.6. The lowest BCUT2D eigenvalue weighted by Crippen LogP contribution is -2.49. The highest BCUT2D eigenvalue weighted by Gasteiger charge is 2.22. The Morgan fingerprint density at radius 1 is 1.47 bits per heavy atom. The first-order valence-electron chi connectivity index (χ1n) is 5.39. The Hall–Kier alpha value is -1.10. The van der Waals surface area contributed by atoms with Gasteiger partial charge in [0.15, 0.2) is 0 Å². The number of likely N-dealkylation sites (tertiary alicyclic amines) is 1. The van der Waals surface area contributed by atoms with Crippen molar-refractivity contribution in [2.24, 2.45) is 0 Å². The van der Waals surface area contributed by atoms with E-state index in [1.165, 1.54) is 0 Å². The molecule has 1 fully saturated rings. The molecule has 5 nitrogen and oxygen atoms in total. The highest BCUT2D eigenvalue weighted by molar-refractivity contribution is 5.80. The minimum absolute atomic E-state index is 0.00334. The van der Waals surface area contributed by atoms with E-state index in [0.717, 1.165) is 25.9 Å². The zero-order chi connectivity index (χ0) is 11.3. The van der Waals surface area contributed by atoms with E-state index in [-0.39, 0.29) is 12.5 Å². The van der Waals surface area contributed by atoms with Gasteiger partial charge in [-0.25, -0.2) is 0 Å². The van der Waals surface area contributed by atoms with Gasteiger partial charge >= 0.3 is 5.97 Å². The molecule has 1 heterocycles. The Bertz CT molecular complexity index is 239. The second kappa shape index (κ2) is 5.70. The van der Waals surface area contributed by atoms with Crippen LogP contribution >= 0.6 is 0 Å². The average molecular weight is 214 g/mol. The number of carboxylic acid groups (broad SMARTS) is 1. The Labute approximate surface area is 89.4 Å². The van der Waals surface area contributed by atoms with E-state index in [1.807, 2.05) is 6.92 Å². The first kappa shape index (κ1) is 12.0. The Morgan fingerprint density at radius 2 is 2.13 bits per heavy atom. The van der Waals surface area contributed by atoms with Gasteiger partial charge in [0.25, 0.3) is 0 Å². The van der Waals surface area contributed by atoms with Crippen molar-refractivity contribution in [1.29, 1.82) is 0 Å². The summed E-state index contributed by atoms with van der Waals surface area (Å²) in [6.07, 6.45) is 2.41. The molecule has 1 aliphatic rings. The van der Waals surface area contributed by atoms with Crippen LogP contribution in [0.15, 0.2) is 0 Å². The van der Waals surface area contributed by atoms with Crippen molar-refractivity contribution in [2.75, 3.05) is 19.6 Å². The normalized spacial score (nSPS) is 17.0. The molecular formula is C10H18N2O3.